The Morgan fingerprint density at radius 2 is 1.89 bits per heavy atom. The number of carbonyl (C=O) groups is 2. The summed E-state index contributed by atoms with van der Waals surface area (Å²) in [6.07, 6.45) is 7.73. The molecule has 35 heavy (non-hydrogen) atoms. The molecule has 1 aliphatic heterocycles. The van der Waals surface area contributed by atoms with Gasteiger partial charge in [-0.2, -0.15) is 5.26 Å². The van der Waals surface area contributed by atoms with E-state index in [4.69, 9.17) is 0 Å². The van der Waals surface area contributed by atoms with Crippen LogP contribution in [-0.2, 0) is 4.79 Å². The molecule has 0 atom stereocenters. The zero-order chi connectivity index (χ0) is 24.9. The molecule has 7 heteroatoms. The molecule has 0 radical (unpaired) electrons. The minimum atomic E-state index is 0.00367. The Labute approximate surface area is 207 Å². The van der Waals surface area contributed by atoms with Gasteiger partial charge >= 0.3 is 0 Å². The van der Waals surface area contributed by atoms with Crippen LogP contribution in [0.2, 0.25) is 0 Å². The number of benzene rings is 1. The number of ketones is 1. The highest BCUT2D eigenvalue weighted by Crippen LogP contribution is 2.36. The Morgan fingerprint density at radius 3 is 2.49 bits per heavy atom. The van der Waals surface area contributed by atoms with E-state index in [0.29, 0.717) is 29.4 Å². The maximum absolute atomic E-state index is 13.5. The number of rotatable bonds is 9. The van der Waals surface area contributed by atoms with Crippen molar-refractivity contribution >= 4 is 30.2 Å². The van der Waals surface area contributed by atoms with Gasteiger partial charge in [0.2, 0.25) is 5.91 Å². The van der Waals surface area contributed by atoms with Crippen LogP contribution >= 0.6 is 0 Å². The molecule has 4 rings (SSSR count). The van der Waals surface area contributed by atoms with Gasteiger partial charge in [-0.3, -0.25) is 19.5 Å². The molecule has 1 aromatic heterocycles. The van der Waals surface area contributed by atoms with Gasteiger partial charge < -0.3 is 9.88 Å². The summed E-state index contributed by atoms with van der Waals surface area (Å²) in [5, 5.41) is 12.2. The van der Waals surface area contributed by atoms with Gasteiger partial charge in [-0.25, -0.2) is 0 Å². The molecular formula is C28H33N5O2. The van der Waals surface area contributed by atoms with Gasteiger partial charge in [-0.15, -0.1) is 0 Å². The van der Waals surface area contributed by atoms with Gasteiger partial charge in [0.05, 0.1) is 35.1 Å². The van der Waals surface area contributed by atoms with Crippen LogP contribution in [0, 0.1) is 18.3 Å². The lowest BCUT2D eigenvalue weighted by atomic mass is 10.1. The van der Waals surface area contributed by atoms with E-state index >= 15 is 0 Å². The van der Waals surface area contributed by atoms with Crippen LogP contribution in [0.5, 0.6) is 0 Å². The van der Waals surface area contributed by atoms with Crippen LogP contribution < -0.4 is 5.32 Å². The average Bonchev–Trinajstić information content (AvgIpc) is 3.61. The lowest BCUT2D eigenvalue weighted by molar-refractivity contribution is -0.120. The van der Waals surface area contributed by atoms with Gasteiger partial charge in [0.25, 0.3) is 0 Å². The molecule has 1 amide bonds. The third kappa shape index (κ3) is 5.77. The third-order valence-electron chi connectivity index (χ3n) is 6.69. The highest BCUT2D eigenvalue weighted by atomic mass is 16.1. The molecule has 2 fully saturated rings. The molecule has 1 saturated carbocycles. The molecule has 0 bridgehead atoms. The van der Waals surface area contributed by atoms with E-state index in [-0.39, 0.29) is 18.1 Å². The van der Waals surface area contributed by atoms with Gasteiger partial charge in [0.15, 0.2) is 5.78 Å². The number of nitrogens with zero attached hydrogens (tertiary/aromatic N) is 4. The maximum atomic E-state index is 13.5. The summed E-state index contributed by atoms with van der Waals surface area (Å²) in [4.78, 5) is 32.4. The van der Waals surface area contributed by atoms with Crippen molar-refractivity contribution in [3.63, 3.8) is 0 Å². The largest absolute Gasteiger partial charge is 0.353 e. The Hall–Kier alpha value is -3.50. The lowest BCUT2D eigenvalue weighted by Crippen LogP contribution is -2.34. The summed E-state index contributed by atoms with van der Waals surface area (Å²) < 4.78 is 1.98. The summed E-state index contributed by atoms with van der Waals surface area (Å²) in [5.41, 5.74) is 4.86. The van der Waals surface area contributed by atoms with Crippen LogP contribution in [-0.4, -0.2) is 53.6 Å². The van der Waals surface area contributed by atoms with Crippen LogP contribution in [0.25, 0.3) is 11.8 Å². The van der Waals surface area contributed by atoms with E-state index in [1.165, 1.54) is 6.42 Å². The maximum Gasteiger partial charge on any atom is 0.224 e. The minimum absolute atomic E-state index is 0.00367. The van der Waals surface area contributed by atoms with Crippen molar-refractivity contribution in [2.75, 3.05) is 19.6 Å². The number of aliphatic imine (C=N–C) groups is 1. The monoisotopic (exact) mass is 471 g/mol. The van der Waals surface area contributed by atoms with Gasteiger partial charge in [-0.05, 0) is 89.7 Å². The standard InChI is InChI=1S/C28H33N5O2/c1-19(16-26(35)31-22-9-10-22)15-24-28(30-3)27(25(34)18-32-13-5-4-6-14-32)20(2)33(24)23-11-7-21(17-29)8-12-23/h7-8,11-12,15,22H,3-6,9-10,13-14,16,18H2,1-2H3,(H,31,35)/b19-15+. The number of nitriles is 1. The van der Waals surface area contributed by atoms with Gasteiger partial charge in [-0.1, -0.05) is 12.0 Å². The van der Waals surface area contributed by atoms with Crippen LogP contribution in [0.4, 0.5) is 5.69 Å². The van der Waals surface area contributed by atoms with E-state index in [1.807, 2.05) is 36.6 Å². The average molecular weight is 472 g/mol. The van der Waals surface area contributed by atoms with E-state index in [9.17, 15) is 14.9 Å². The predicted octanol–water partition coefficient (Wildman–Crippen LogP) is 4.73. The number of Topliss-reactive ketones (excluding diaryl/α,β-unsaturated/α-hetero) is 1. The third-order valence-corrected chi connectivity index (χ3v) is 6.69. The highest BCUT2D eigenvalue weighted by molar-refractivity contribution is 6.05. The fourth-order valence-corrected chi connectivity index (χ4v) is 4.79. The number of carbonyl (C=O) groups excluding carboxylic acids is 2. The molecule has 0 spiro atoms. The van der Waals surface area contributed by atoms with Crippen molar-refractivity contribution < 1.29 is 9.59 Å². The van der Waals surface area contributed by atoms with Crippen LogP contribution in [0.3, 0.4) is 0 Å². The number of piperidine rings is 1. The Balaban J connectivity index is 1.75. The normalized spacial score (nSPS) is 16.5. The van der Waals surface area contributed by atoms with Crippen LogP contribution in [0.15, 0.2) is 34.8 Å². The van der Waals surface area contributed by atoms with Crippen molar-refractivity contribution in [2.45, 2.75) is 58.4 Å². The van der Waals surface area contributed by atoms with Crippen molar-refractivity contribution in [3.05, 3.63) is 52.4 Å². The van der Waals surface area contributed by atoms with E-state index in [1.54, 1.807) is 12.1 Å². The number of hydrogen-bond donors (Lipinski definition) is 1. The number of nitrogens with one attached hydrogen (secondary N) is 1. The van der Waals surface area contributed by atoms with Crippen LogP contribution in [0.1, 0.15) is 72.8 Å². The molecule has 0 unspecified atom stereocenters. The first kappa shape index (κ1) is 24.6. The smallest absolute Gasteiger partial charge is 0.224 e. The highest BCUT2D eigenvalue weighted by Gasteiger charge is 2.27. The molecule has 2 heterocycles. The molecule has 1 aromatic carbocycles. The number of aromatic nitrogens is 1. The number of likely N-dealkylation sites (tertiary alicyclic amines) is 1. The SMILES string of the molecule is C=Nc1c(C(=O)CN2CCCCC2)c(C)n(-c2ccc(C#N)cc2)c1/C=C(\C)CC(=O)NC1CC1. The topological polar surface area (TPSA) is 90.5 Å². The molecule has 2 aromatic rings. The zero-order valence-electron chi connectivity index (χ0n) is 20.6. The van der Waals surface area contributed by atoms with Crippen molar-refractivity contribution in [2.24, 2.45) is 4.99 Å². The first-order chi connectivity index (χ1) is 16.9. The molecule has 1 aliphatic carbocycles. The Bertz CT molecular complexity index is 1190. The second-order valence-corrected chi connectivity index (χ2v) is 9.62. The summed E-state index contributed by atoms with van der Waals surface area (Å²) >= 11 is 0. The quantitative estimate of drug-likeness (QED) is 0.423. The molecule has 1 saturated heterocycles. The number of hydrogen-bond acceptors (Lipinski definition) is 5. The summed E-state index contributed by atoms with van der Waals surface area (Å²) in [6.45, 7) is 9.84. The minimum Gasteiger partial charge on any atom is -0.353 e. The second kappa shape index (κ2) is 10.8. The first-order valence-corrected chi connectivity index (χ1v) is 12.4. The molecule has 7 nitrogen and oxygen atoms in total. The summed E-state index contributed by atoms with van der Waals surface area (Å²) in [6, 6.07) is 9.70. The molecule has 1 N–H and O–H groups in total. The molecule has 182 valence electrons. The van der Waals surface area contributed by atoms with Crippen molar-refractivity contribution in [1.82, 2.24) is 14.8 Å². The van der Waals surface area contributed by atoms with E-state index in [2.05, 4.69) is 28.0 Å². The summed E-state index contributed by atoms with van der Waals surface area (Å²) in [5.74, 6) is 0.0296. The Morgan fingerprint density at radius 1 is 1.20 bits per heavy atom. The Kier molecular flexibility index (Phi) is 7.62. The van der Waals surface area contributed by atoms with E-state index < -0.39 is 0 Å². The van der Waals surface area contributed by atoms with Gasteiger partial charge in [0, 0.05) is 23.8 Å². The molecular weight excluding hydrogens is 438 g/mol. The fraction of sp³-hybridized carbons (Fsp3) is 0.429. The second-order valence-electron chi connectivity index (χ2n) is 9.62. The zero-order valence-corrected chi connectivity index (χ0v) is 20.6. The fourth-order valence-electron chi connectivity index (χ4n) is 4.79. The first-order valence-electron chi connectivity index (χ1n) is 12.4. The summed E-state index contributed by atoms with van der Waals surface area (Å²) in [7, 11) is 0. The predicted molar refractivity (Wildman–Crippen MR) is 138 cm³/mol. The number of amides is 1. The van der Waals surface area contributed by atoms with Gasteiger partial charge in [0.1, 0.15) is 0 Å². The molecule has 2 aliphatic rings. The van der Waals surface area contributed by atoms with Crippen molar-refractivity contribution in [1.29, 1.82) is 5.26 Å². The van der Waals surface area contributed by atoms with Crippen molar-refractivity contribution in [3.8, 4) is 11.8 Å². The lowest BCUT2D eigenvalue weighted by Gasteiger charge is -2.25. The van der Waals surface area contributed by atoms with E-state index in [0.717, 1.165) is 61.4 Å².